The lowest BCUT2D eigenvalue weighted by Crippen LogP contribution is -2.13. The molecule has 2 aromatic rings. The highest BCUT2D eigenvalue weighted by atomic mass is 127. The fraction of sp³-hybridized carbons (Fsp3) is 0.357. The van der Waals surface area contributed by atoms with Gasteiger partial charge in [0.1, 0.15) is 21.0 Å². The van der Waals surface area contributed by atoms with Crippen molar-refractivity contribution in [3.63, 3.8) is 0 Å². The maximum absolute atomic E-state index is 11.8. The fourth-order valence-corrected chi connectivity index (χ4v) is 3.42. The van der Waals surface area contributed by atoms with E-state index in [2.05, 4.69) is 28.7 Å². The van der Waals surface area contributed by atoms with Crippen molar-refractivity contribution < 1.29 is 9.15 Å². The minimum Gasteiger partial charge on any atom is -0.489 e. The number of ether oxygens (including phenoxy) is 1. The number of hydrogen-bond acceptors (Lipinski definition) is 3. The summed E-state index contributed by atoms with van der Waals surface area (Å²) in [6.45, 7) is 3.93. The van der Waals surface area contributed by atoms with Crippen molar-refractivity contribution >= 4 is 56.2 Å². The highest BCUT2D eigenvalue weighted by Crippen LogP contribution is 2.38. The lowest BCUT2D eigenvalue weighted by molar-refractivity contribution is 0.261. The molecule has 3 nitrogen and oxygen atoms in total. The van der Waals surface area contributed by atoms with Crippen LogP contribution in [0.2, 0.25) is 0 Å². The maximum Gasteiger partial charge on any atom is 0.350 e. The normalized spacial score (nSPS) is 17.6. The van der Waals surface area contributed by atoms with Crippen molar-refractivity contribution in [2.45, 2.75) is 26.4 Å². The Labute approximate surface area is 138 Å². The molecule has 0 N–H and O–H groups in total. The van der Waals surface area contributed by atoms with Gasteiger partial charge in [0.25, 0.3) is 0 Å². The summed E-state index contributed by atoms with van der Waals surface area (Å²) in [5.74, 6) is 0.901. The van der Waals surface area contributed by atoms with Crippen molar-refractivity contribution in [3.05, 3.63) is 36.7 Å². The molecule has 1 unspecified atom stereocenters. The Kier molecular flexibility index (Phi) is 3.53. The van der Waals surface area contributed by atoms with Gasteiger partial charge in [-0.2, -0.15) is 0 Å². The number of benzene rings is 1. The molecule has 1 aromatic carbocycles. The minimum absolute atomic E-state index is 0.234. The molecular formula is C14H12I2O3. The summed E-state index contributed by atoms with van der Waals surface area (Å²) in [6, 6.07) is 2.12. The zero-order chi connectivity index (χ0) is 13.7. The quantitative estimate of drug-likeness (QED) is 0.354. The van der Waals surface area contributed by atoms with Crippen LogP contribution in [0.4, 0.5) is 0 Å². The van der Waals surface area contributed by atoms with Crippen LogP contribution in [0.3, 0.4) is 0 Å². The Balaban J connectivity index is 2.35. The molecule has 100 valence electrons. The van der Waals surface area contributed by atoms with E-state index in [1.165, 1.54) is 5.56 Å². The fourth-order valence-electron chi connectivity index (χ4n) is 2.53. The highest BCUT2D eigenvalue weighted by molar-refractivity contribution is 14.1. The van der Waals surface area contributed by atoms with Crippen LogP contribution < -0.4 is 10.4 Å². The number of aryl methyl sites for hydroxylation is 2. The second-order valence-corrected chi connectivity index (χ2v) is 6.75. The van der Waals surface area contributed by atoms with E-state index in [0.29, 0.717) is 9.15 Å². The van der Waals surface area contributed by atoms with Crippen LogP contribution in [0.25, 0.3) is 11.0 Å². The van der Waals surface area contributed by atoms with Crippen molar-refractivity contribution in [2.75, 3.05) is 4.43 Å². The highest BCUT2D eigenvalue weighted by Gasteiger charge is 2.26. The van der Waals surface area contributed by atoms with Gasteiger partial charge < -0.3 is 9.15 Å². The van der Waals surface area contributed by atoms with Crippen LogP contribution >= 0.6 is 45.2 Å². The second-order valence-electron chi connectivity index (χ2n) is 4.79. The van der Waals surface area contributed by atoms with Gasteiger partial charge in [-0.3, -0.25) is 0 Å². The lowest BCUT2D eigenvalue weighted by Gasteiger charge is -2.10. The first kappa shape index (κ1) is 13.7. The molecule has 0 saturated carbocycles. The second kappa shape index (κ2) is 4.91. The van der Waals surface area contributed by atoms with Crippen molar-refractivity contribution in [1.82, 2.24) is 0 Å². The molecule has 19 heavy (non-hydrogen) atoms. The number of alkyl halides is 1. The minimum atomic E-state index is -0.267. The van der Waals surface area contributed by atoms with Gasteiger partial charge in [0.05, 0.1) is 0 Å². The molecule has 1 aromatic heterocycles. The zero-order valence-electron chi connectivity index (χ0n) is 10.5. The average molecular weight is 482 g/mol. The third-order valence-electron chi connectivity index (χ3n) is 3.55. The third kappa shape index (κ3) is 2.09. The van der Waals surface area contributed by atoms with Crippen LogP contribution in [-0.2, 0) is 6.42 Å². The Morgan fingerprint density at radius 2 is 2.11 bits per heavy atom. The Morgan fingerprint density at radius 3 is 2.79 bits per heavy atom. The summed E-state index contributed by atoms with van der Waals surface area (Å²) < 4.78 is 13.0. The molecule has 3 rings (SSSR count). The molecular weight excluding hydrogens is 470 g/mol. The van der Waals surface area contributed by atoms with Gasteiger partial charge in [0, 0.05) is 21.8 Å². The van der Waals surface area contributed by atoms with Crippen LogP contribution in [0.1, 0.15) is 16.7 Å². The summed E-state index contributed by atoms with van der Waals surface area (Å²) in [6.07, 6.45) is 1.17. The van der Waals surface area contributed by atoms with Crippen molar-refractivity contribution in [1.29, 1.82) is 0 Å². The van der Waals surface area contributed by atoms with Gasteiger partial charge in [-0.15, -0.1) is 0 Å². The average Bonchev–Trinajstić information content (AvgIpc) is 2.81. The smallest absolute Gasteiger partial charge is 0.350 e. The molecule has 0 aliphatic carbocycles. The van der Waals surface area contributed by atoms with Crippen LogP contribution in [0.15, 0.2) is 15.3 Å². The summed E-state index contributed by atoms with van der Waals surface area (Å²) in [5.41, 5.74) is 3.56. The number of fused-ring (bicyclic) bond motifs is 2. The SMILES string of the molecule is Cc1c(I)c(=O)oc2c(C)c3c(cc12)CC(CI)O3. The molecule has 1 aliphatic heterocycles. The molecule has 1 atom stereocenters. The van der Waals surface area contributed by atoms with Gasteiger partial charge in [-0.1, -0.05) is 22.6 Å². The molecule has 0 amide bonds. The van der Waals surface area contributed by atoms with E-state index in [4.69, 9.17) is 9.15 Å². The van der Waals surface area contributed by atoms with E-state index in [0.717, 1.165) is 33.1 Å². The van der Waals surface area contributed by atoms with Crippen LogP contribution in [0, 0.1) is 17.4 Å². The van der Waals surface area contributed by atoms with Gasteiger partial charge in [-0.25, -0.2) is 4.79 Å². The molecule has 0 saturated heterocycles. The summed E-state index contributed by atoms with van der Waals surface area (Å²) in [4.78, 5) is 11.8. The largest absolute Gasteiger partial charge is 0.489 e. The summed E-state index contributed by atoms with van der Waals surface area (Å²) in [7, 11) is 0. The van der Waals surface area contributed by atoms with E-state index in [-0.39, 0.29) is 11.7 Å². The van der Waals surface area contributed by atoms with Crippen molar-refractivity contribution in [3.8, 4) is 5.75 Å². The molecule has 0 bridgehead atoms. The molecule has 5 heteroatoms. The number of halogens is 2. The molecule has 0 radical (unpaired) electrons. The standard InChI is InChI=1S/C14H12I2O3/c1-6-10-4-8-3-9(5-15)18-12(8)7(2)13(10)19-14(17)11(6)16/h4,9H,3,5H2,1-2H3. The van der Waals surface area contributed by atoms with E-state index in [1.807, 2.05) is 36.4 Å². The topological polar surface area (TPSA) is 39.4 Å². The van der Waals surface area contributed by atoms with Crippen molar-refractivity contribution in [2.24, 2.45) is 0 Å². The molecule has 0 fully saturated rings. The Bertz CT molecular complexity index is 734. The predicted molar refractivity (Wildman–Crippen MR) is 91.7 cm³/mol. The first-order valence-corrected chi connectivity index (χ1v) is 8.61. The monoisotopic (exact) mass is 482 g/mol. The zero-order valence-corrected chi connectivity index (χ0v) is 14.9. The first-order chi connectivity index (χ1) is 9.02. The van der Waals surface area contributed by atoms with E-state index in [1.54, 1.807) is 0 Å². The molecule has 2 heterocycles. The number of hydrogen-bond donors (Lipinski definition) is 0. The van der Waals surface area contributed by atoms with E-state index >= 15 is 0 Å². The Morgan fingerprint density at radius 1 is 1.37 bits per heavy atom. The number of rotatable bonds is 1. The Hall–Kier alpha value is -0.310. The van der Waals surface area contributed by atoms with E-state index < -0.39 is 0 Å². The van der Waals surface area contributed by atoms with Crippen LogP contribution in [-0.4, -0.2) is 10.5 Å². The van der Waals surface area contributed by atoms with Gasteiger partial charge >= 0.3 is 5.63 Å². The predicted octanol–water partition coefficient (Wildman–Crippen LogP) is 3.75. The first-order valence-electron chi connectivity index (χ1n) is 6.01. The van der Waals surface area contributed by atoms with E-state index in [9.17, 15) is 4.79 Å². The summed E-state index contributed by atoms with van der Waals surface area (Å²) in [5, 5.41) is 1.03. The maximum atomic E-state index is 11.8. The van der Waals surface area contributed by atoms with Gasteiger partial charge in [0.2, 0.25) is 0 Å². The third-order valence-corrected chi connectivity index (χ3v) is 5.78. The summed E-state index contributed by atoms with van der Waals surface area (Å²) >= 11 is 4.39. The van der Waals surface area contributed by atoms with Crippen LogP contribution in [0.5, 0.6) is 5.75 Å². The van der Waals surface area contributed by atoms with Gasteiger partial charge in [-0.05, 0) is 53.6 Å². The lowest BCUT2D eigenvalue weighted by atomic mass is 10.0. The molecule has 0 spiro atoms. The van der Waals surface area contributed by atoms with Gasteiger partial charge in [0.15, 0.2) is 0 Å². The molecule has 1 aliphatic rings.